The third-order valence-electron chi connectivity index (χ3n) is 8.80. The van der Waals surface area contributed by atoms with Crippen LogP contribution in [0, 0.1) is 18.8 Å². The molecule has 2 amide bonds. The number of fused-ring (bicyclic) bond motifs is 2. The summed E-state index contributed by atoms with van der Waals surface area (Å²) in [5.41, 5.74) is 2.01. The summed E-state index contributed by atoms with van der Waals surface area (Å²) in [5.74, 6) is 1.07. The maximum Gasteiger partial charge on any atom is 0.233 e. The van der Waals surface area contributed by atoms with Crippen LogP contribution in [0.25, 0.3) is 0 Å². The van der Waals surface area contributed by atoms with Gasteiger partial charge in [-0.3, -0.25) is 14.5 Å². The first kappa shape index (κ1) is 21.0. The smallest absolute Gasteiger partial charge is 0.233 e. The second kappa shape index (κ2) is 7.61. The predicted molar refractivity (Wildman–Crippen MR) is 122 cm³/mol. The van der Waals surface area contributed by atoms with Gasteiger partial charge in [-0.15, -0.1) is 0 Å². The monoisotopic (exact) mass is 423 g/mol. The van der Waals surface area contributed by atoms with Crippen LogP contribution >= 0.6 is 0 Å². The summed E-state index contributed by atoms with van der Waals surface area (Å²) in [4.78, 5) is 31.0. The Balaban J connectivity index is 1.26. The van der Waals surface area contributed by atoms with Gasteiger partial charge < -0.3 is 10.2 Å². The Labute approximate surface area is 186 Å². The van der Waals surface area contributed by atoms with Crippen molar-refractivity contribution in [2.45, 2.75) is 76.3 Å². The number of amides is 2. The molecular formula is C26H37N3O2. The van der Waals surface area contributed by atoms with Crippen molar-refractivity contribution in [3.8, 4) is 0 Å². The van der Waals surface area contributed by atoms with E-state index in [-0.39, 0.29) is 22.8 Å². The summed E-state index contributed by atoms with van der Waals surface area (Å²) < 4.78 is 0. The van der Waals surface area contributed by atoms with Crippen LogP contribution in [0.5, 0.6) is 0 Å². The Hall–Kier alpha value is -1.88. The topological polar surface area (TPSA) is 52.7 Å². The molecule has 1 aromatic carbocycles. The van der Waals surface area contributed by atoms with Crippen molar-refractivity contribution in [2.24, 2.45) is 11.8 Å². The third-order valence-corrected chi connectivity index (χ3v) is 8.80. The maximum atomic E-state index is 13.5. The summed E-state index contributed by atoms with van der Waals surface area (Å²) in [6.07, 6.45) is 6.09. The zero-order valence-electron chi connectivity index (χ0n) is 19.3. The van der Waals surface area contributed by atoms with Crippen molar-refractivity contribution in [1.82, 2.24) is 15.1 Å². The molecule has 0 bridgehead atoms. The van der Waals surface area contributed by atoms with E-state index < -0.39 is 0 Å². The fourth-order valence-electron chi connectivity index (χ4n) is 6.58. The largest absolute Gasteiger partial charge is 0.350 e. The van der Waals surface area contributed by atoms with Crippen LogP contribution in [0.15, 0.2) is 24.3 Å². The lowest BCUT2D eigenvalue weighted by Gasteiger charge is -2.44. The lowest BCUT2D eigenvalue weighted by molar-refractivity contribution is -0.136. The molecule has 31 heavy (non-hydrogen) atoms. The Morgan fingerprint density at radius 3 is 2.42 bits per heavy atom. The molecule has 168 valence electrons. The molecule has 3 aliphatic heterocycles. The lowest BCUT2D eigenvalue weighted by Crippen LogP contribution is -2.57. The molecule has 0 aromatic heterocycles. The highest BCUT2D eigenvalue weighted by atomic mass is 16.2. The molecule has 4 fully saturated rings. The average Bonchev–Trinajstić information content (AvgIpc) is 3.37. The van der Waals surface area contributed by atoms with Crippen molar-refractivity contribution < 1.29 is 9.59 Å². The summed E-state index contributed by atoms with van der Waals surface area (Å²) in [6, 6.07) is 9.06. The highest BCUT2D eigenvalue weighted by Crippen LogP contribution is 2.51. The second-order valence-electron chi connectivity index (χ2n) is 10.7. The van der Waals surface area contributed by atoms with E-state index in [1.807, 2.05) is 0 Å². The van der Waals surface area contributed by atoms with Crippen LogP contribution in [0.1, 0.15) is 63.5 Å². The fraction of sp³-hybridized carbons (Fsp3) is 0.692. The summed E-state index contributed by atoms with van der Waals surface area (Å²) in [7, 11) is 0. The van der Waals surface area contributed by atoms with Crippen LogP contribution in [-0.4, -0.2) is 59.4 Å². The molecule has 3 atom stereocenters. The summed E-state index contributed by atoms with van der Waals surface area (Å²) >= 11 is 0. The van der Waals surface area contributed by atoms with Crippen LogP contribution in [0.3, 0.4) is 0 Å². The summed E-state index contributed by atoms with van der Waals surface area (Å²) in [6.45, 7) is 10.1. The molecule has 1 aliphatic carbocycles. The van der Waals surface area contributed by atoms with E-state index in [0.717, 1.165) is 51.9 Å². The molecule has 1 saturated carbocycles. The van der Waals surface area contributed by atoms with Crippen LogP contribution < -0.4 is 5.32 Å². The highest BCUT2D eigenvalue weighted by molar-refractivity contribution is 5.91. The number of nitrogens with one attached hydrogen (secondary N) is 1. The normalized spacial score (nSPS) is 29.6. The molecule has 1 aromatic rings. The molecule has 3 saturated heterocycles. The first-order valence-corrected chi connectivity index (χ1v) is 12.3. The number of carbonyl (C=O) groups excluding carboxylic acids is 2. The van der Waals surface area contributed by atoms with Gasteiger partial charge in [-0.1, -0.05) is 43.2 Å². The zero-order chi connectivity index (χ0) is 21.8. The SMILES string of the molecule is CCC[C@H](C)N1C[C@H]2C(=O)NC3(CCN(C(=O)C4(c5ccc(C)cc5)CC4)CC3)[C@H]2C1. The quantitative estimate of drug-likeness (QED) is 0.791. The molecule has 5 rings (SSSR count). The van der Waals surface area contributed by atoms with Crippen LogP contribution in [0.4, 0.5) is 0 Å². The number of rotatable bonds is 5. The fourth-order valence-corrected chi connectivity index (χ4v) is 6.58. The van der Waals surface area contributed by atoms with E-state index in [1.165, 1.54) is 24.0 Å². The second-order valence-corrected chi connectivity index (χ2v) is 10.7. The van der Waals surface area contributed by atoms with E-state index in [0.29, 0.717) is 17.9 Å². The maximum absolute atomic E-state index is 13.5. The lowest BCUT2D eigenvalue weighted by atomic mass is 9.75. The van der Waals surface area contributed by atoms with Crippen molar-refractivity contribution in [1.29, 1.82) is 0 Å². The molecule has 1 N–H and O–H groups in total. The van der Waals surface area contributed by atoms with Crippen molar-refractivity contribution in [3.05, 3.63) is 35.4 Å². The summed E-state index contributed by atoms with van der Waals surface area (Å²) in [5, 5.41) is 3.41. The molecule has 4 aliphatic rings. The minimum absolute atomic E-state index is 0.111. The van der Waals surface area contributed by atoms with Gasteiger partial charge in [0.05, 0.1) is 11.3 Å². The first-order valence-electron chi connectivity index (χ1n) is 12.3. The number of carbonyl (C=O) groups is 2. The molecule has 1 spiro atoms. The first-order chi connectivity index (χ1) is 14.9. The Morgan fingerprint density at radius 1 is 1.13 bits per heavy atom. The van der Waals surface area contributed by atoms with Crippen molar-refractivity contribution in [3.63, 3.8) is 0 Å². The van der Waals surface area contributed by atoms with Gasteiger partial charge in [-0.25, -0.2) is 0 Å². The Morgan fingerprint density at radius 2 is 1.81 bits per heavy atom. The minimum Gasteiger partial charge on any atom is -0.350 e. The number of nitrogens with zero attached hydrogens (tertiary/aromatic N) is 2. The third kappa shape index (κ3) is 3.40. The van der Waals surface area contributed by atoms with Gasteiger partial charge in [0.15, 0.2) is 0 Å². The van der Waals surface area contributed by atoms with Crippen LogP contribution in [-0.2, 0) is 15.0 Å². The standard InChI is InChI=1S/C26H37N3O2/c1-4-5-19(3)29-16-21-22(17-29)26(27-23(21)30)12-14-28(15-13-26)24(31)25(10-11-25)20-8-6-18(2)7-9-20/h6-9,19,21-22H,4-5,10-17H2,1-3H3,(H,27,30)/t19-,21+,22-/m0/s1. The zero-order valence-corrected chi connectivity index (χ0v) is 19.3. The molecule has 5 nitrogen and oxygen atoms in total. The van der Waals surface area contributed by atoms with Gasteiger partial charge >= 0.3 is 0 Å². The van der Waals surface area contributed by atoms with Gasteiger partial charge in [0.2, 0.25) is 11.8 Å². The van der Waals surface area contributed by atoms with Gasteiger partial charge in [-0.05, 0) is 51.5 Å². The van der Waals surface area contributed by atoms with Crippen molar-refractivity contribution in [2.75, 3.05) is 26.2 Å². The number of benzene rings is 1. The number of aryl methyl sites for hydroxylation is 1. The van der Waals surface area contributed by atoms with E-state index in [2.05, 4.69) is 60.2 Å². The van der Waals surface area contributed by atoms with E-state index >= 15 is 0 Å². The average molecular weight is 424 g/mol. The van der Waals surface area contributed by atoms with E-state index in [4.69, 9.17) is 0 Å². The van der Waals surface area contributed by atoms with Gasteiger partial charge in [0, 0.05) is 43.7 Å². The molecule has 0 radical (unpaired) electrons. The molecular weight excluding hydrogens is 386 g/mol. The Bertz CT molecular complexity index is 852. The molecule has 3 heterocycles. The number of hydrogen-bond donors (Lipinski definition) is 1. The predicted octanol–water partition coefficient (Wildman–Crippen LogP) is 3.25. The molecule has 5 heteroatoms. The van der Waals surface area contributed by atoms with Gasteiger partial charge in [0.25, 0.3) is 0 Å². The van der Waals surface area contributed by atoms with Crippen LogP contribution in [0.2, 0.25) is 0 Å². The molecule has 0 unspecified atom stereocenters. The number of hydrogen-bond acceptors (Lipinski definition) is 3. The minimum atomic E-state index is -0.292. The Kier molecular flexibility index (Phi) is 5.16. The van der Waals surface area contributed by atoms with Gasteiger partial charge in [-0.2, -0.15) is 0 Å². The van der Waals surface area contributed by atoms with Gasteiger partial charge in [0.1, 0.15) is 0 Å². The van der Waals surface area contributed by atoms with E-state index in [1.54, 1.807) is 0 Å². The highest BCUT2D eigenvalue weighted by Gasteiger charge is 2.59. The number of likely N-dealkylation sites (tertiary alicyclic amines) is 2. The number of piperidine rings is 1. The van der Waals surface area contributed by atoms with Crippen molar-refractivity contribution >= 4 is 11.8 Å². The van der Waals surface area contributed by atoms with E-state index in [9.17, 15) is 9.59 Å².